The summed E-state index contributed by atoms with van der Waals surface area (Å²) in [6.45, 7) is 6.69. The third kappa shape index (κ3) is 4.52. The van der Waals surface area contributed by atoms with Gasteiger partial charge in [-0.2, -0.15) is 0 Å². The van der Waals surface area contributed by atoms with E-state index in [4.69, 9.17) is 5.73 Å². The van der Waals surface area contributed by atoms with E-state index in [0.717, 1.165) is 18.5 Å². The first-order valence-electron chi connectivity index (χ1n) is 6.53. The molecule has 90 valence electrons. The van der Waals surface area contributed by atoms with Gasteiger partial charge in [0.05, 0.1) is 0 Å². The number of nitrogens with two attached hydrogens (primary N) is 1. The quantitative estimate of drug-likeness (QED) is 0.758. The molecule has 1 saturated carbocycles. The average Bonchev–Trinajstić information content (AvgIpc) is 2.25. The van der Waals surface area contributed by atoms with Gasteiger partial charge in [0.2, 0.25) is 0 Å². The molecule has 2 nitrogen and oxygen atoms in total. The minimum absolute atomic E-state index is 0.675. The lowest BCUT2D eigenvalue weighted by Crippen LogP contribution is -2.37. The second kappa shape index (κ2) is 6.49. The molecule has 3 atom stereocenters. The maximum absolute atomic E-state index is 5.64. The first-order valence-corrected chi connectivity index (χ1v) is 6.53. The molecule has 1 aliphatic carbocycles. The highest BCUT2D eigenvalue weighted by atomic mass is 15.1. The topological polar surface area (TPSA) is 29.3 Å². The molecule has 0 bridgehead atoms. The van der Waals surface area contributed by atoms with E-state index in [1.54, 1.807) is 0 Å². The molecule has 0 heterocycles. The van der Waals surface area contributed by atoms with Gasteiger partial charge < -0.3 is 10.6 Å². The van der Waals surface area contributed by atoms with Crippen molar-refractivity contribution in [2.24, 2.45) is 17.6 Å². The molecule has 1 rings (SSSR count). The fraction of sp³-hybridized carbons (Fsp3) is 1.00. The van der Waals surface area contributed by atoms with Gasteiger partial charge in [0, 0.05) is 6.04 Å². The van der Waals surface area contributed by atoms with Crippen LogP contribution in [-0.4, -0.2) is 31.1 Å². The van der Waals surface area contributed by atoms with Gasteiger partial charge in [0.25, 0.3) is 0 Å². The molecule has 2 heteroatoms. The Kier molecular flexibility index (Phi) is 5.62. The Balaban J connectivity index is 2.23. The molecular weight excluding hydrogens is 184 g/mol. The third-order valence-corrected chi connectivity index (χ3v) is 3.91. The Labute approximate surface area is 95.2 Å². The van der Waals surface area contributed by atoms with Crippen molar-refractivity contribution >= 4 is 0 Å². The zero-order chi connectivity index (χ0) is 11.3. The van der Waals surface area contributed by atoms with E-state index in [2.05, 4.69) is 25.8 Å². The minimum Gasteiger partial charge on any atom is -0.330 e. The van der Waals surface area contributed by atoms with Crippen LogP contribution < -0.4 is 5.73 Å². The zero-order valence-electron chi connectivity index (χ0n) is 10.7. The Morgan fingerprint density at radius 1 is 1.40 bits per heavy atom. The summed E-state index contributed by atoms with van der Waals surface area (Å²) in [7, 11) is 2.28. The van der Waals surface area contributed by atoms with Crippen LogP contribution in [0.4, 0.5) is 0 Å². The Morgan fingerprint density at radius 2 is 2.13 bits per heavy atom. The zero-order valence-corrected chi connectivity index (χ0v) is 10.7. The van der Waals surface area contributed by atoms with Gasteiger partial charge in [-0.15, -0.1) is 0 Å². The van der Waals surface area contributed by atoms with Crippen molar-refractivity contribution in [1.82, 2.24) is 4.90 Å². The molecule has 0 aromatic rings. The Morgan fingerprint density at radius 3 is 2.73 bits per heavy atom. The van der Waals surface area contributed by atoms with Gasteiger partial charge >= 0.3 is 0 Å². The summed E-state index contributed by atoms with van der Waals surface area (Å²) >= 11 is 0. The van der Waals surface area contributed by atoms with Crippen LogP contribution in [0.2, 0.25) is 0 Å². The number of hydrogen-bond acceptors (Lipinski definition) is 2. The number of nitrogens with zero attached hydrogens (tertiary/aromatic N) is 1. The molecule has 3 unspecified atom stereocenters. The highest BCUT2D eigenvalue weighted by molar-refractivity contribution is 4.77. The van der Waals surface area contributed by atoms with Gasteiger partial charge in [-0.05, 0) is 51.2 Å². The lowest BCUT2D eigenvalue weighted by Gasteiger charge is -2.34. The Bertz CT molecular complexity index is 170. The van der Waals surface area contributed by atoms with Crippen LogP contribution in [0, 0.1) is 11.8 Å². The van der Waals surface area contributed by atoms with Crippen molar-refractivity contribution in [1.29, 1.82) is 0 Å². The molecule has 0 amide bonds. The van der Waals surface area contributed by atoms with Crippen molar-refractivity contribution in [2.75, 3.05) is 20.1 Å². The highest BCUT2D eigenvalue weighted by Crippen LogP contribution is 2.26. The molecule has 0 spiro atoms. The summed E-state index contributed by atoms with van der Waals surface area (Å²) in [6.07, 6.45) is 6.90. The van der Waals surface area contributed by atoms with Crippen LogP contribution in [0.25, 0.3) is 0 Å². The normalized spacial score (nSPS) is 29.4. The second-order valence-corrected chi connectivity index (χ2v) is 5.54. The van der Waals surface area contributed by atoms with E-state index in [1.807, 2.05) is 0 Å². The van der Waals surface area contributed by atoms with Gasteiger partial charge in [0.15, 0.2) is 0 Å². The van der Waals surface area contributed by atoms with Crippen LogP contribution in [0.1, 0.15) is 46.0 Å². The molecule has 15 heavy (non-hydrogen) atoms. The van der Waals surface area contributed by atoms with Gasteiger partial charge in [0.1, 0.15) is 0 Å². The summed E-state index contributed by atoms with van der Waals surface area (Å²) < 4.78 is 0. The predicted octanol–water partition coefficient (Wildman–Crippen LogP) is 2.48. The second-order valence-electron chi connectivity index (χ2n) is 5.54. The van der Waals surface area contributed by atoms with E-state index in [0.29, 0.717) is 5.92 Å². The molecule has 0 aromatic carbocycles. The monoisotopic (exact) mass is 212 g/mol. The molecule has 0 aliphatic heterocycles. The Hall–Kier alpha value is -0.0800. The van der Waals surface area contributed by atoms with E-state index < -0.39 is 0 Å². The highest BCUT2D eigenvalue weighted by Gasteiger charge is 2.22. The molecule has 1 fully saturated rings. The molecule has 0 saturated heterocycles. The van der Waals surface area contributed by atoms with Gasteiger partial charge in [-0.3, -0.25) is 0 Å². The van der Waals surface area contributed by atoms with Gasteiger partial charge in [-0.1, -0.05) is 26.7 Å². The summed E-state index contributed by atoms with van der Waals surface area (Å²) in [4.78, 5) is 2.56. The van der Waals surface area contributed by atoms with Crippen LogP contribution in [-0.2, 0) is 0 Å². The smallest absolute Gasteiger partial charge is 0.00947 e. The molecule has 0 aromatic heterocycles. The largest absolute Gasteiger partial charge is 0.330 e. The fourth-order valence-corrected chi connectivity index (χ4v) is 2.53. The van der Waals surface area contributed by atoms with Gasteiger partial charge in [-0.25, -0.2) is 0 Å². The summed E-state index contributed by atoms with van der Waals surface area (Å²) in [5.74, 6) is 1.60. The van der Waals surface area contributed by atoms with E-state index in [9.17, 15) is 0 Å². The molecule has 1 aliphatic rings. The summed E-state index contributed by atoms with van der Waals surface area (Å²) in [5.41, 5.74) is 5.64. The predicted molar refractivity (Wildman–Crippen MR) is 66.9 cm³/mol. The molecular formula is C13H28N2. The van der Waals surface area contributed by atoms with Crippen molar-refractivity contribution in [2.45, 2.75) is 52.0 Å². The van der Waals surface area contributed by atoms with E-state index in [1.165, 1.54) is 38.6 Å². The lowest BCUT2D eigenvalue weighted by atomic mass is 9.86. The standard InChI is InChI=1S/C13H28N2/c1-11-5-4-6-13(9-11)15(3)8-7-12(2)10-14/h11-13H,4-10,14H2,1-3H3. The minimum atomic E-state index is 0.675. The lowest BCUT2D eigenvalue weighted by molar-refractivity contribution is 0.157. The van der Waals surface area contributed by atoms with E-state index in [-0.39, 0.29) is 0 Å². The van der Waals surface area contributed by atoms with Crippen molar-refractivity contribution in [3.63, 3.8) is 0 Å². The SMILES string of the molecule is CC(CN)CCN(C)C1CCCC(C)C1. The fourth-order valence-electron chi connectivity index (χ4n) is 2.53. The average molecular weight is 212 g/mol. The first-order chi connectivity index (χ1) is 7.13. The van der Waals surface area contributed by atoms with E-state index >= 15 is 0 Å². The maximum atomic E-state index is 5.64. The van der Waals surface area contributed by atoms with Crippen LogP contribution in [0.15, 0.2) is 0 Å². The molecule has 0 radical (unpaired) electrons. The number of rotatable bonds is 5. The summed E-state index contributed by atoms with van der Waals surface area (Å²) in [5, 5.41) is 0. The number of hydrogen-bond donors (Lipinski definition) is 1. The third-order valence-electron chi connectivity index (χ3n) is 3.91. The van der Waals surface area contributed by atoms with Crippen LogP contribution >= 0.6 is 0 Å². The van der Waals surface area contributed by atoms with Crippen molar-refractivity contribution < 1.29 is 0 Å². The van der Waals surface area contributed by atoms with Crippen LogP contribution in [0.3, 0.4) is 0 Å². The van der Waals surface area contributed by atoms with Crippen molar-refractivity contribution in [3.8, 4) is 0 Å². The molecule has 2 N–H and O–H groups in total. The maximum Gasteiger partial charge on any atom is 0.00947 e. The van der Waals surface area contributed by atoms with Crippen molar-refractivity contribution in [3.05, 3.63) is 0 Å². The van der Waals surface area contributed by atoms with Crippen LogP contribution in [0.5, 0.6) is 0 Å². The summed E-state index contributed by atoms with van der Waals surface area (Å²) in [6, 6.07) is 0.832. The first kappa shape index (κ1) is 13.0.